The number of ether oxygens (including phenoxy) is 1. The van der Waals surface area contributed by atoms with Crippen molar-refractivity contribution >= 4 is 22.0 Å². The summed E-state index contributed by atoms with van der Waals surface area (Å²) in [4.78, 5) is 11.8. The Hall–Kier alpha value is -1.10. The van der Waals surface area contributed by atoms with Crippen LogP contribution in [0.1, 0.15) is 44.4 Å². The van der Waals surface area contributed by atoms with E-state index in [1.54, 1.807) is 6.07 Å². The van der Waals surface area contributed by atoms with Crippen LogP contribution in [0, 0.1) is 5.82 Å². The van der Waals surface area contributed by atoms with Gasteiger partial charge < -0.3 is 10.1 Å². The molecule has 1 atom stereocenters. The predicted molar refractivity (Wildman–Crippen MR) is 74.5 cm³/mol. The topological polar surface area (TPSA) is 38.3 Å². The van der Waals surface area contributed by atoms with E-state index < -0.39 is 11.7 Å². The van der Waals surface area contributed by atoms with Gasteiger partial charge in [0.25, 0.3) is 0 Å². The lowest BCUT2D eigenvalue weighted by Crippen LogP contribution is -2.34. The molecule has 0 aromatic heterocycles. The Bertz CT molecular complexity index is 511. The number of amides is 1. The second kappa shape index (κ2) is 5.12. The first-order valence-corrected chi connectivity index (χ1v) is 7.03. The van der Waals surface area contributed by atoms with Crippen molar-refractivity contribution in [2.75, 3.05) is 0 Å². The summed E-state index contributed by atoms with van der Waals surface area (Å²) in [5.74, 6) is -0.267. The van der Waals surface area contributed by atoms with Crippen molar-refractivity contribution in [1.29, 1.82) is 0 Å². The fourth-order valence-corrected chi connectivity index (χ4v) is 2.79. The third-order valence-corrected chi connectivity index (χ3v) is 3.84. The molecule has 0 fully saturated rings. The molecule has 0 saturated carbocycles. The van der Waals surface area contributed by atoms with E-state index in [2.05, 4.69) is 21.2 Å². The fraction of sp³-hybridized carbons (Fsp3) is 0.500. The molecule has 1 aliphatic rings. The molecule has 0 saturated heterocycles. The number of rotatable bonds is 1. The van der Waals surface area contributed by atoms with Crippen molar-refractivity contribution in [1.82, 2.24) is 5.32 Å². The maximum Gasteiger partial charge on any atom is 0.408 e. The normalized spacial score (nSPS) is 18.1. The smallest absolute Gasteiger partial charge is 0.408 e. The molecule has 104 valence electrons. The molecule has 0 radical (unpaired) electrons. The number of carbonyl (C=O) groups excluding carboxylic acids is 1. The molecule has 2 rings (SSSR count). The number of fused-ring (bicyclic) bond motifs is 1. The van der Waals surface area contributed by atoms with Gasteiger partial charge in [0, 0.05) is 0 Å². The number of halogens is 2. The van der Waals surface area contributed by atoms with Crippen LogP contribution < -0.4 is 5.32 Å². The number of hydrogen-bond donors (Lipinski definition) is 1. The zero-order valence-corrected chi connectivity index (χ0v) is 12.8. The van der Waals surface area contributed by atoms with Crippen LogP contribution in [0.15, 0.2) is 16.6 Å². The highest BCUT2D eigenvalue weighted by Crippen LogP contribution is 2.37. The van der Waals surface area contributed by atoms with E-state index in [-0.39, 0.29) is 11.9 Å². The molecule has 1 aliphatic carbocycles. The molecule has 1 aromatic rings. The number of nitrogens with one attached hydrogen (secondary N) is 1. The first-order valence-electron chi connectivity index (χ1n) is 6.24. The minimum Gasteiger partial charge on any atom is -0.444 e. The van der Waals surface area contributed by atoms with E-state index in [0.717, 1.165) is 24.0 Å². The fourth-order valence-electron chi connectivity index (χ4n) is 2.23. The van der Waals surface area contributed by atoms with E-state index in [4.69, 9.17) is 4.74 Å². The third kappa shape index (κ3) is 3.26. The van der Waals surface area contributed by atoms with Crippen molar-refractivity contribution in [2.45, 2.75) is 45.3 Å². The third-order valence-electron chi connectivity index (χ3n) is 2.98. The number of hydrogen-bond acceptors (Lipinski definition) is 2. The summed E-state index contributed by atoms with van der Waals surface area (Å²) in [6, 6.07) is 3.03. The molecule has 1 aromatic carbocycles. The van der Waals surface area contributed by atoms with Crippen LogP contribution in [-0.4, -0.2) is 11.7 Å². The summed E-state index contributed by atoms with van der Waals surface area (Å²) in [5, 5.41) is 2.83. The van der Waals surface area contributed by atoms with Crippen molar-refractivity contribution in [3.8, 4) is 0 Å². The van der Waals surface area contributed by atoms with Gasteiger partial charge >= 0.3 is 6.09 Å². The molecule has 1 unspecified atom stereocenters. The molecule has 1 N–H and O–H groups in total. The molecular formula is C14H17BrFNO2. The molecule has 0 bridgehead atoms. The number of alkyl carbamates (subject to hydrolysis) is 1. The minimum atomic E-state index is -0.519. The Morgan fingerprint density at radius 2 is 2.16 bits per heavy atom. The number of carbonyl (C=O) groups is 1. The summed E-state index contributed by atoms with van der Waals surface area (Å²) < 4.78 is 19.2. The Labute approximate surface area is 120 Å². The highest BCUT2D eigenvalue weighted by Gasteiger charge is 2.28. The van der Waals surface area contributed by atoms with Crippen molar-refractivity contribution in [2.24, 2.45) is 0 Å². The highest BCUT2D eigenvalue weighted by atomic mass is 79.9. The molecule has 1 amide bonds. The van der Waals surface area contributed by atoms with Crippen LogP contribution in [0.4, 0.5) is 9.18 Å². The van der Waals surface area contributed by atoms with E-state index in [9.17, 15) is 9.18 Å². The zero-order valence-electron chi connectivity index (χ0n) is 11.2. The molecule has 3 nitrogen and oxygen atoms in total. The molecule has 19 heavy (non-hydrogen) atoms. The van der Waals surface area contributed by atoms with Gasteiger partial charge in [-0.25, -0.2) is 9.18 Å². The Kier molecular flexibility index (Phi) is 3.85. The van der Waals surface area contributed by atoms with Crippen LogP contribution in [0.3, 0.4) is 0 Å². The van der Waals surface area contributed by atoms with Gasteiger partial charge in [-0.3, -0.25) is 0 Å². The van der Waals surface area contributed by atoms with Gasteiger partial charge in [-0.05, 0) is 66.7 Å². The van der Waals surface area contributed by atoms with Crippen LogP contribution in [0.5, 0.6) is 0 Å². The summed E-state index contributed by atoms with van der Waals surface area (Å²) >= 11 is 3.25. The minimum absolute atomic E-state index is 0.109. The maximum atomic E-state index is 13.4. The first-order chi connectivity index (χ1) is 8.78. The Balaban J connectivity index is 2.11. The Morgan fingerprint density at radius 3 is 2.79 bits per heavy atom. The lowest BCUT2D eigenvalue weighted by atomic mass is 10.1. The highest BCUT2D eigenvalue weighted by molar-refractivity contribution is 9.10. The monoisotopic (exact) mass is 329 g/mol. The lowest BCUT2D eigenvalue weighted by molar-refractivity contribution is 0.0503. The van der Waals surface area contributed by atoms with Crippen LogP contribution in [-0.2, 0) is 11.2 Å². The van der Waals surface area contributed by atoms with Gasteiger partial charge in [-0.1, -0.05) is 6.07 Å². The van der Waals surface area contributed by atoms with Gasteiger partial charge in [0.05, 0.1) is 10.5 Å². The van der Waals surface area contributed by atoms with Gasteiger partial charge in [0.15, 0.2) is 0 Å². The average Bonchev–Trinajstić information content (AvgIpc) is 2.65. The molecule has 0 heterocycles. The SMILES string of the molecule is CC(C)(C)OC(=O)NC1CCc2c1ccc(F)c2Br. The van der Waals surface area contributed by atoms with Gasteiger partial charge in [-0.2, -0.15) is 0 Å². The summed E-state index contributed by atoms with van der Waals surface area (Å²) in [5.41, 5.74) is 1.37. The summed E-state index contributed by atoms with van der Waals surface area (Å²) in [6.45, 7) is 5.46. The summed E-state index contributed by atoms with van der Waals surface area (Å²) in [7, 11) is 0. The zero-order chi connectivity index (χ0) is 14.2. The first kappa shape index (κ1) is 14.3. The average molecular weight is 330 g/mol. The van der Waals surface area contributed by atoms with E-state index >= 15 is 0 Å². The van der Waals surface area contributed by atoms with E-state index in [1.807, 2.05) is 20.8 Å². The van der Waals surface area contributed by atoms with Crippen LogP contribution in [0.25, 0.3) is 0 Å². The largest absolute Gasteiger partial charge is 0.444 e. The summed E-state index contributed by atoms with van der Waals surface area (Å²) in [6.07, 6.45) is 1.07. The maximum absolute atomic E-state index is 13.4. The second-order valence-corrected chi connectivity index (χ2v) is 6.46. The molecular weight excluding hydrogens is 313 g/mol. The molecule has 0 aliphatic heterocycles. The lowest BCUT2D eigenvalue weighted by Gasteiger charge is -2.22. The van der Waals surface area contributed by atoms with Gasteiger partial charge in [0.2, 0.25) is 0 Å². The van der Waals surface area contributed by atoms with Crippen LogP contribution >= 0.6 is 15.9 Å². The van der Waals surface area contributed by atoms with Gasteiger partial charge in [-0.15, -0.1) is 0 Å². The predicted octanol–water partition coefficient (Wildman–Crippen LogP) is 4.10. The van der Waals surface area contributed by atoms with Crippen molar-refractivity contribution in [3.05, 3.63) is 33.5 Å². The van der Waals surface area contributed by atoms with Gasteiger partial charge in [0.1, 0.15) is 11.4 Å². The van der Waals surface area contributed by atoms with E-state index in [1.165, 1.54) is 6.07 Å². The quantitative estimate of drug-likeness (QED) is 0.842. The molecule has 0 spiro atoms. The second-order valence-electron chi connectivity index (χ2n) is 5.67. The molecule has 5 heteroatoms. The van der Waals surface area contributed by atoms with Crippen LogP contribution in [0.2, 0.25) is 0 Å². The standard InChI is InChI=1S/C14H17BrFNO2/c1-14(2,3)19-13(18)17-11-7-5-9-8(11)4-6-10(16)12(9)15/h4,6,11H,5,7H2,1-3H3,(H,17,18). The van der Waals surface area contributed by atoms with E-state index in [0.29, 0.717) is 4.47 Å². The Morgan fingerprint density at radius 1 is 1.47 bits per heavy atom. The number of benzene rings is 1. The van der Waals surface area contributed by atoms with Crippen molar-refractivity contribution < 1.29 is 13.9 Å². The van der Waals surface area contributed by atoms with Crippen molar-refractivity contribution in [3.63, 3.8) is 0 Å².